The zero-order valence-corrected chi connectivity index (χ0v) is 16.5. The van der Waals surface area contributed by atoms with Crippen molar-refractivity contribution in [3.63, 3.8) is 0 Å². The zero-order chi connectivity index (χ0) is 19.3. The lowest BCUT2D eigenvalue weighted by atomic mass is 10.1. The lowest BCUT2D eigenvalue weighted by Gasteiger charge is -2.22. The molecule has 2 aliphatic rings. The Bertz CT molecular complexity index is 837. The van der Waals surface area contributed by atoms with Crippen molar-refractivity contribution < 1.29 is 14.3 Å². The smallest absolute Gasteiger partial charge is 0.240 e. The van der Waals surface area contributed by atoms with E-state index < -0.39 is 0 Å². The van der Waals surface area contributed by atoms with Crippen LogP contribution in [-0.2, 0) is 14.3 Å². The van der Waals surface area contributed by atoms with Crippen molar-refractivity contribution in [2.75, 3.05) is 24.6 Å². The molecule has 2 heterocycles. The monoisotopic (exact) mass is 396 g/mol. The average molecular weight is 397 g/mol. The average Bonchev–Trinajstić information content (AvgIpc) is 3.20. The number of fused-ring (bicyclic) bond motifs is 1. The molecular weight excluding hydrogens is 372 g/mol. The number of rotatable bonds is 5. The maximum absolute atomic E-state index is 13.1. The fourth-order valence-electron chi connectivity index (χ4n) is 3.64. The van der Waals surface area contributed by atoms with Crippen LogP contribution >= 0.6 is 11.8 Å². The van der Waals surface area contributed by atoms with Gasteiger partial charge < -0.3 is 15.0 Å². The maximum atomic E-state index is 13.1. The highest BCUT2D eigenvalue weighted by Gasteiger charge is 2.30. The molecule has 2 unspecified atom stereocenters. The highest BCUT2D eigenvalue weighted by Crippen LogP contribution is 2.45. The van der Waals surface area contributed by atoms with E-state index in [4.69, 9.17) is 4.74 Å². The number of carbonyl (C=O) groups excluding carboxylic acids is 2. The van der Waals surface area contributed by atoms with Crippen LogP contribution in [0.1, 0.15) is 30.1 Å². The fraction of sp³-hybridized carbons (Fsp3) is 0.364. The number of hydrogen-bond donors (Lipinski definition) is 1. The molecular formula is C22H24N2O3S. The molecule has 6 heteroatoms. The van der Waals surface area contributed by atoms with Gasteiger partial charge >= 0.3 is 0 Å². The van der Waals surface area contributed by atoms with Crippen LogP contribution in [0.15, 0.2) is 59.5 Å². The number of nitrogens with one attached hydrogen (secondary N) is 1. The molecule has 5 nitrogen and oxygen atoms in total. The van der Waals surface area contributed by atoms with Gasteiger partial charge in [0.2, 0.25) is 11.8 Å². The molecule has 2 amide bonds. The van der Waals surface area contributed by atoms with Gasteiger partial charge in [-0.25, -0.2) is 0 Å². The molecule has 28 heavy (non-hydrogen) atoms. The number of thioether (sulfide) groups is 1. The van der Waals surface area contributed by atoms with E-state index >= 15 is 0 Å². The predicted octanol–water partition coefficient (Wildman–Crippen LogP) is 3.55. The summed E-state index contributed by atoms with van der Waals surface area (Å²) in [7, 11) is 0. The van der Waals surface area contributed by atoms with Crippen molar-refractivity contribution in [2.45, 2.75) is 35.5 Å². The number of anilines is 1. The molecule has 146 valence electrons. The van der Waals surface area contributed by atoms with Gasteiger partial charge in [0.1, 0.15) is 6.54 Å². The van der Waals surface area contributed by atoms with E-state index in [0.29, 0.717) is 13.0 Å². The number of nitrogens with zero attached hydrogens (tertiary/aromatic N) is 1. The summed E-state index contributed by atoms with van der Waals surface area (Å²) in [6.07, 6.45) is 2.47. The van der Waals surface area contributed by atoms with E-state index in [-0.39, 0.29) is 29.7 Å². The Morgan fingerprint density at radius 1 is 1.14 bits per heavy atom. The Kier molecular flexibility index (Phi) is 5.98. The van der Waals surface area contributed by atoms with Gasteiger partial charge in [-0.2, -0.15) is 0 Å². The van der Waals surface area contributed by atoms with Crippen LogP contribution in [0.5, 0.6) is 0 Å². The minimum atomic E-state index is -0.151. The summed E-state index contributed by atoms with van der Waals surface area (Å²) >= 11 is 1.69. The van der Waals surface area contributed by atoms with E-state index in [1.165, 1.54) is 0 Å². The summed E-state index contributed by atoms with van der Waals surface area (Å²) in [5.41, 5.74) is 1.93. The molecule has 2 aromatic rings. The van der Waals surface area contributed by atoms with Gasteiger partial charge in [-0.3, -0.25) is 9.59 Å². The van der Waals surface area contributed by atoms with E-state index in [9.17, 15) is 9.59 Å². The number of benzene rings is 2. The summed E-state index contributed by atoms with van der Waals surface area (Å²) < 4.78 is 5.56. The maximum Gasteiger partial charge on any atom is 0.240 e. The first kappa shape index (κ1) is 19.0. The van der Waals surface area contributed by atoms with E-state index in [1.54, 1.807) is 16.7 Å². The number of para-hydroxylation sites is 1. The normalized spacial score (nSPS) is 21.9. The molecule has 4 rings (SSSR count). The molecule has 0 bridgehead atoms. The quantitative estimate of drug-likeness (QED) is 0.840. The molecule has 0 saturated carbocycles. The largest absolute Gasteiger partial charge is 0.376 e. The molecule has 1 fully saturated rings. The molecule has 1 N–H and O–H groups in total. The lowest BCUT2D eigenvalue weighted by molar-refractivity contribution is -0.124. The van der Waals surface area contributed by atoms with Gasteiger partial charge in [0.05, 0.1) is 11.8 Å². The van der Waals surface area contributed by atoms with Gasteiger partial charge in [-0.15, -0.1) is 11.8 Å². The lowest BCUT2D eigenvalue weighted by Crippen LogP contribution is -2.42. The molecule has 2 aromatic carbocycles. The third-order valence-corrected chi connectivity index (χ3v) is 6.43. The highest BCUT2D eigenvalue weighted by molar-refractivity contribution is 7.99. The Hall–Kier alpha value is -2.31. The predicted molar refractivity (Wildman–Crippen MR) is 110 cm³/mol. The first-order chi connectivity index (χ1) is 13.7. The first-order valence-corrected chi connectivity index (χ1v) is 10.6. The fourth-order valence-corrected chi connectivity index (χ4v) is 4.92. The first-order valence-electron chi connectivity index (χ1n) is 9.70. The Morgan fingerprint density at radius 3 is 2.71 bits per heavy atom. The van der Waals surface area contributed by atoms with E-state index in [1.807, 2.05) is 42.5 Å². The third-order valence-electron chi connectivity index (χ3n) is 5.11. The number of carbonyl (C=O) groups is 2. The standard InChI is InChI=1S/C22H24N2O3S/c25-21(23-14-17-9-6-12-27-17)15-24-18-10-4-5-11-19(18)28-20(13-22(24)26)16-7-2-1-3-8-16/h1-5,7-8,10-11,17,20H,6,9,12-15H2,(H,23,25). The van der Waals surface area contributed by atoms with Gasteiger partial charge in [0.15, 0.2) is 0 Å². The van der Waals surface area contributed by atoms with Crippen molar-refractivity contribution >= 4 is 29.3 Å². The van der Waals surface area contributed by atoms with Crippen LogP contribution in [0.3, 0.4) is 0 Å². The molecule has 0 aromatic heterocycles. The SMILES string of the molecule is O=C(CN1C(=O)CC(c2ccccc2)Sc2ccccc21)NCC1CCCO1. The number of amides is 2. The summed E-state index contributed by atoms with van der Waals surface area (Å²) in [6.45, 7) is 1.30. The second-order valence-corrected chi connectivity index (χ2v) is 8.35. The summed E-state index contributed by atoms with van der Waals surface area (Å²) in [5, 5.41) is 2.96. The van der Waals surface area contributed by atoms with E-state index in [2.05, 4.69) is 17.4 Å². The summed E-state index contributed by atoms with van der Waals surface area (Å²) in [6, 6.07) is 17.9. The molecule has 0 aliphatic carbocycles. The Labute approximate surface area is 169 Å². The minimum Gasteiger partial charge on any atom is -0.376 e. The van der Waals surface area contributed by atoms with Gasteiger partial charge in [0, 0.05) is 29.7 Å². The van der Waals surface area contributed by atoms with Gasteiger partial charge in [-0.1, -0.05) is 42.5 Å². The van der Waals surface area contributed by atoms with Crippen LogP contribution in [0.25, 0.3) is 0 Å². The molecule has 2 atom stereocenters. The zero-order valence-electron chi connectivity index (χ0n) is 15.7. The van der Waals surface area contributed by atoms with Crippen LogP contribution in [0.2, 0.25) is 0 Å². The van der Waals surface area contributed by atoms with Crippen molar-refractivity contribution in [1.82, 2.24) is 5.32 Å². The third kappa shape index (κ3) is 4.39. The number of hydrogen-bond acceptors (Lipinski definition) is 4. The highest BCUT2D eigenvalue weighted by atomic mass is 32.2. The molecule has 2 aliphatic heterocycles. The van der Waals surface area contributed by atoms with E-state index in [0.717, 1.165) is 35.6 Å². The Morgan fingerprint density at radius 2 is 1.93 bits per heavy atom. The minimum absolute atomic E-state index is 0.0291. The molecule has 0 radical (unpaired) electrons. The van der Waals surface area contributed by atoms with Crippen molar-refractivity contribution in [3.05, 3.63) is 60.2 Å². The van der Waals surface area contributed by atoms with Gasteiger partial charge in [0.25, 0.3) is 0 Å². The van der Waals surface area contributed by atoms with Crippen molar-refractivity contribution in [3.8, 4) is 0 Å². The Balaban J connectivity index is 1.50. The molecule has 1 saturated heterocycles. The van der Waals surface area contributed by atoms with Crippen LogP contribution < -0.4 is 10.2 Å². The second-order valence-electron chi connectivity index (χ2n) is 7.11. The van der Waals surface area contributed by atoms with Crippen LogP contribution in [-0.4, -0.2) is 37.6 Å². The topological polar surface area (TPSA) is 58.6 Å². The van der Waals surface area contributed by atoms with Crippen molar-refractivity contribution in [2.24, 2.45) is 0 Å². The summed E-state index contributed by atoms with van der Waals surface area (Å²) in [4.78, 5) is 28.2. The van der Waals surface area contributed by atoms with Crippen LogP contribution in [0.4, 0.5) is 5.69 Å². The molecule has 0 spiro atoms. The number of ether oxygens (including phenoxy) is 1. The van der Waals surface area contributed by atoms with Crippen molar-refractivity contribution in [1.29, 1.82) is 0 Å². The second kappa shape index (κ2) is 8.80. The van der Waals surface area contributed by atoms with Gasteiger partial charge in [-0.05, 0) is 30.5 Å². The van der Waals surface area contributed by atoms with Crippen LogP contribution in [0, 0.1) is 0 Å². The summed E-state index contributed by atoms with van der Waals surface area (Å²) in [5.74, 6) is -0.180.